The van der Waals surface area contributed by atoms with Crippen molar-refractivity contribution in [2.24, 2.45) is 4.99 Å². The number of aliphatic hydroxyl groups excluding tert-OH is 1. The molecule has 13 heavy (non-hydrogen) atoms. The molecule has 0 aliphatic carbocycles. The van der Waals surface area contributed by atoms with Gasteiger partial charge in [-0.3, -0.25) is 4.99 Å². The smallest absolute Gasteiger partial charge is 0.124 e. The summed E-state index contributed by atoms with van der Waals surface area (Å²) in [5.41, 5.74) is 2.32. The van der Waals surface area contributed by atoms with Gasteiger partial charge in [0.05, 0.1) is 11.2 Å². The number of nitrogens with zero attached hydrogens (tertiary/aromatic N) is 2. The van der Waals surface area contributed by atoms with Gasteiger partial charge in [0.15, 0.2) is 0 Å². The minimum Gasteiger partial charge on any atom is -0.396 e. The first-order valence-electron chi connectivity index (χ1n) is 4.10. The highest BCUT2D eigenvalue weighted by molar-refractivity contribution is 7.07. The molecule has 1 aliphatic rings. The molecule has 4 heteroatoms. The van der Waals surface area contributed by atoms with Crippen LogP contribution in [0.15, 0.2) is 28.0 Å². The number of allylic oxidation sites excluding steroid dienone is 1. The molecule has 1 N–H and O–H groups in total. The molecular weight excluding hydrogens is 184 g/mol. The number of hydrogen-bond acceptors (Lipinski definition) is 4. The molecule has 68 valence electrons. The van der Waals surface area contributed by atoms with E-state index in [1.807, 2.05) is 17.5 Å². The molecule has 0 aromatic carbocycles. The molecule has 1 unspecified atom stereocenters. The van der Waals surface area contributed by atoms with Crippen molar-refractivity contribution >= 4 is 17.6 Å². The Balaban J connectivity index is 2.34. The Hall–Kier alpha value is -1.00. The van der Waals surface area contributed by atoms with Crippen LogP contribution in [0.25, 0.3) is 0 Å². The lowest BCUT2D eigenvalue weighted by molar-refractivity contribution is 0.258. The van der Waals surface area contributed by atoms with Crippen LogP contribution in [-0.2, 0) is 5.54 Å². The Bertz CT molecular complexity index is 317. The maximum atomic E-state index is 8.96. The summed E-state index contributed by atoms with van der Waals surface area (Å²) in [6.45, 7) is 0.124. The van der Waals surface area contributed by atoms with Crippen molar-refractivity contribution in [3.63, 3.8) is 0 Å². The van der Waals surface area contributed by atoms with Crippen LogP contribution in [0.4, 0.5) is 0 Å². The predicted molar refractivity (Wildman–Crippen MR) is 53.1 cm³/mol. The van der Waals surface area contributed by atoms with Crippen molar-refractivity contribution in [1.82, 2.24) is 4.98 Å². The van der Waals surface area contributed by atoms with Crippen LogP contribution in [0.3, 0.4) is 0 Å². The second-order valence-electron chi connectivity index (χ2n) is 2.91. The van der Waals surface area contributed by atoms with Crippen molar-refractivity contribution in [2.75, 3.05) is 6.61 Å². The second kappa shape index (κ2) is 3.40. The molecule has 1 aliphatic heterocycles. The highest BCUT2D eigenvalue weighted by atomic mass is 32.1. The Morgan fingerprint density at radius 2 is 2.46 bits per heavy atom. The number of aliphatic imine (C=N–C) groups is 1. The monoisotopic (exact) mass is 194 g/mol. The van der Waals surface area contributed by atoms with E-state index in [9.17, 15) is 0 Å². The van der Waals surface area contributed by atoms with Gasteiger partial charge in [-0.05, 0) is 12.2 Å². The molecule has 0 saturated heterocycles. The third kappa shape index (κ3) is 1.43. The number of aliphatic hydroxyl groups is 1. The van der Waals surface area contributed by atoms with E-state index in [0.29, 0.717) is 6.42 Å². The summed E-state index contributed by atoms with van der Waals surface area (Å²) in [7, 11) is 0. The van der Waals surface area contributed by atoms with Gasteiger partial charge in [-0.25, -0.2) is 4.98 Å². The van der Waals surface area contributed by atoms with Gasteiger partial charge in [-0.2, -0.15) is 0 Å². The molecule has 0 spiro atoms. The summed E-state index contributed by atoms with van der Waals surface area (Å²) < 4.78 is 0. The van der Waals surface area contributed by atoms with Crippen molar-refractivity contribution < 1.29 is 5.11 Å². The lowest BCUT2D eigenvalue weighted by Crippen LogP contribution is -2.21. The first-order chi connectivity index (χ1) is 6.37. The summed E-state index contributed by atoms with van der Waals surface area (Å²) in [6.07, 6.45) is 6.24. The number of thiazole rings is 1. The maximum Gasteiger partial charge on any atom is 0.124 e. The lowest BCUT2D eigenvalue weighted by Gasteiger charge is -2.20. The van der Waals surface area contributed by atoms with E-state index in [1.165, 1.54) is 0 Å². The molecule has 0 amide bonds. The lowest BCUT2D eigenvalue weighted by atomic mass is 9.94. The van der Waals surface area contributed by atoms with Gasteiger partial charge in [-0.1, -0.05) is 0 Å². The van der Waals surface area contributed by atoms with Gasteiger partial charge < -0.3 is 5.11 Å². The van der Waals surface area contributed by atoms with Crippen LogP contribution in [0.1, 0.15) is 12.1 Å². The molecule has 2 rings (SSSR count). The number of rotatable bonds is 3. The quantitative estimate of drug-likeness (QED) is 0.789. The second-order valence-corrected chi connectivity index (χ2v) is 3.63. The molecule has 1 aromatic heterocycles. The average Bonchev–Trinajstić information content (AvgIpc) is 2.73. The van der Waals surface area contributed by atoms with Gasteiger partial charge in [0.25, 0.3) is 0 Å². The highest BCUT2D eigenvalue weighted by Crippen LogP contribution is 2.32. The molecule has 1 aromatic rings. The molecule has 2 heterocycles. The zero-order valence-electron chi connectivity index (χ0n) is 7.05. The Morgan fingerprint density at radius 1 is 1.54 bits per heavy atom. The van der Waals surface area contributed by atoms with Crippen LogP contribution in [0, 0.1) is 0 Å². The van der Waals surface area contributed by atoms with E-state index >= 15 is 0 Å². The van der Waals surface area contributed by atoms with Crippen LogP contribution in [-0.4, -0.2) is 22.9 Å². The van der Waals surface area contributed by atoms with Crippen LogP contribution < -0.4 is 0 Å². The topological polar surface area (TPSA) is 45.5 Å². The van der Waals surface area contributed by atoms with Crippen molar-refractivity contribution in [2.45, 2.75) is 12.0 Å². The van der Waals surface area contributed by atoms with Crippen molar-refractivity contribution in [3.8, 4) is 0 Å². The summed E-state index contributed by atoms with van der Waals surface area (Å²) in [5, 5.41) is 10.9. The molecule has 0 fully saturated rings. The van der Waals surface area contributed by atoms with E-state index in [0.717, 1.165) is 5.69 Å². The van der Waals surface area contributed by atoms with Crippen LogP contribution in [0.2, 0.25) is 0 Å². The van der Waals surface area contributed by atoms with Gasteiger partial charge in [0.1, 0.15) is 5.54 Å². The van der Waals surface area contributed by atoms with E-state index in [4.69, 9.17) is 5.11 Å². The van der Waals surface area contributed by atoms with E-state index in [2.05, 4.69) is 9.98 Å². The molecule has 0 radical (unpaired) electrons. The first-order valence-corrected chi connectivity index (χ1v) is 5.04. The Morgan fingerprint density at radius 3 is 3.00 bits per heavy atom. The van der Waals surface area contributed by atoms with Gasteiger partial charge in [-0.15, -0.1) is 11.3 Å². The third-order valence-electron chi connectivity index (χ3n) is 2.13. The van der Waals surface area contributed by atoms with Crippen LogP contribution in [0.5, 0.6) is 0 Å². The predicted octanol–water partition coefficient (Wildman–Crippen LogP) is 1.36. The summed E-state index contributed by atoms with van der Waals surface area (Å²) in [4.78, 5) is 8.58. The fourth-order valence-electron chi connectivity index (χ4n) is 1.45. The van der Waals surface area contributed by atoms with Crippen molar-refractivity contribution in [3.05, 3.63) is 28.7 Å². The standard InChI is InChI=1S/C9H10N2OS/c12-5-3-9(2-1-4-11-9)8-6-13-7-10-8/h1-2,4,6-7,12H,3,5H2. The first kappa shape index (κ1) is 8.59. The van der Waals surface area contributed by atoms with Gasteiger partial charge >= 0.3 is 0 Å². The van der Waals surface area contributed by atoms with Gasteiger partial charge in [0, 0.05) is 24.6 Å². The van der Waals surface area contributed by atoms with E-state index < -0.39 is 5.54 Å². The third-order valence-corrected chi connectivity index (χ3v) is 2.72. The normalized spacial score (nSPS) is 25.6. The summed E-state index contributed by atoms with van der Waals surface area (Å²) in [6, 6.07) is 0. The fraction of sp³-hybridized carbons (Fsp3) is 0.333. The van der Waals surface area contributed by atoms with Gasteiger partial charge in [0.2, 0.25) is 0 Å². The Labute approximate surface area is 80.5 Å². The Kier molecular flexibility index (Phi) is 2.24. The zero-order valence-corrected chi connectivity index (χ0v) is 7.87. The molecule has 3 nitrogen and oxygen atoms in total. The average molecular weight is 194 g/mol. The fourth-order valence-corrected chi connectivity index (χ4v) is 2.07. The number of aromatic nitrogens is 1. The van der Waals surface area contributed by atoms with E-state index in [-0.39, 0.29) is 6.61 Å². The summed E-state index contributed by atoms with van der Waals surface area (Å²) >= 11 is 1.55. The SMILES string of the molecule is OCCC1(c2cscn2)C=CC=N1. The molecular formula is C9H10N2OS. The van der Waals surface area contributed by atoms with Crippen LogP contribution >= 0.6 is 11.3 Å². The minimum absolute atomic E-state index is 0.124. The molecule has 1 atom stereocenters. The summed E-state index contributed by atoms with van der Waals surface area (Å²) in [5.74, 6) is 0. The highest BCUT2D eigenvalue weighted by Gasteiger charge is 2.31. The van der Waals surface area contributed by atoms with E-state index in [1.54, 1.807) is 23.1 Å². The largest absolute Gasteiger partial charge is 0.396 e. The zero-order chi connectivity index (χ0) is 9.15. The molecule has 0 saturated carbocycles. The minimum atomic E-state index is -0.394. The molecule has 0 bridgehead atoms. The maximum absolute atomic E-state index is 8.96. The number of hydrogen-bond donors (Lipinski definition) is 1. The van der Waals surface area contributed by atoms with Crippen molar-refractivity contribution in [1.29, 1.82) is 0 Å².